The summed E-state index contributed by atoms with van der Waals surface area (Å²) >= 11 is 0. The zero-order chi connectivity index (χ0) is 14.5. The second kappa shape index (κ2) is 6.23. The largest absolute Gasteiger partial charge is 0.507 e. The van der Waals surface area contributed by atoms with Gasteiger partial charge in [-0.05, 0) is 12.5 Å². The van der Waals surface area contributed by atoms with Crippen molar-refractivity contribution < 1.29 is 9.90 Å². The number of phenols is 1. The Morgan fingerprint density at radius 2 is 2.30 bits per heavy atom. The first kappa shape index (κ1) is 14.1. The molecular weight excluding hydrogens is 254 g/mol. The molecule has 1 unspecified atom stereocenters. The Labute approximate surface area is 117 Å². The third kappa shape index (κ3) is 2.82. The number of hydrogen-bond acceptors (Lipinski definition) is 3. The van der Waals surface area contributed by atoms with Crippen LogP contribution in [0.3, 0.4) is 0 Å². The number of primary amides is 1. The van der Waals surface area contributed by atoms with Gasteiger partial charge in [0, 0.05) is 23.4 Å². The molecule has 4 N–H and O–H groups in total. The molecule has 0 aliphatic rings. The van der Waals surface area contributed by atoms with Crippen LogP contribution in [0.4, 0.5) is 0 Å². The highest BCUT2D eigenvalue weighted by molar-refractivity contribution is 5.96. The highest BCUT2D eigenvalue weighted by Crippen LogP contribution is 2.35. The van der Waals surface area contributed by atoms with Gasteiger partial charge < -0.3 is 15.8 Å². The Hall–Kier alpha value is -2.30. The van der Waals surface area contributed by atoms with Crippen LogP contribution in [0.1, 0.15) is 53.7 Å². The fourth-order valence-corrected chi connectivity index (χ4v) is 2.39. The molecule has 0 fully saturated rings. The maximum atomic E-state index is 11.3. The fraction of sp³-hybridized carbons (Fsp3) is 0.333. The van der Waals surface area contributed by atoms with E-state index < -0.39 is 5.91 Å². The number of aromatic hydroxyl groups is 1. The van der Waals surface area contributed by atoms with Gasteiger partial charge in [-0.2, -0.15) is 0 Å². The fourth-order valence-electron chi connectivity index (χ4n) is 2.39. The van der Waals surface area contributed by atoms with Crippen LogP contribution in [0.25, 0.3) is 0 Å². The van der Waals surface area contributed by atoms with Gasteiger partial charge in [0.1, 0.15) is 5.75 Å². The lowest BCUT2D eigenvalue weighted by molar-refractivity contribution is 0.0997. The Kier molecular flexibility index (Phi) is 4.40. The summed E-state index contributed by atoms with van der Waals surface area (Å²) in [6.07, 6.45) is 6.30. The van der Waals surface area contributed by atoms with Crippen molar-refractivity contribution in [1.82, 2.24) is 9.97 Å². The van der Waals surface area contributed by atoms with Crippen LogP contribution in [-0.4, -0.2) is 21.0 Å². The Balaban J connectivity index is 2.43. The predicted molar refractivity (Wildman–Crippen MR) is 76.6 cm³/mol. The van der Waals surface area contributed by atoms with Gasteiger partial charge in [-0.15, -0.1) is 0 Å². The molecule has 1 amide bonds. The number of benzene rings is 1. The lowest BCUT2D eigenvalue weighted by atomic mass is 9.89. The van der Waals surface area contributed by atoms with Gasteiger partial charge in [0.25, 0.3) is 5.91 Å². The summed E-state index contributed by atoms with van der Waals surface area (Å²) in [4.78, 5) is 18.5. The zero-order valence-corrected chi connectivity index (χ0v) is 11.5. The number of hydrogen-bond donors (Lipinski definition) is 3. The number of carbonyl (C=O) groups excluding carboxylic acids is 1. The van der Waals surface area contributed by atoms with Crippen LogP contribution < -0.4 is 5.73 Å². The number of imidazole rings is 1. The number of H-pyrrole nitrogens is 1. The number of nitrogens with zero attached hydrogens (tertiary/aromatic N) is 1. The number of aromatic nitrogens is 2. The van der Waals surface area contributed by atoms with Crippen molar-refractivity contribution in [3.63, 3.8) is 0 Å². The van der Waals surface area contributed by atoms with Crippen molar-refractivity contribution in [2.75, 3.05) is 0 Å². The van der Waals surface area contributed by atoms with E-state index in [1.54, 1.807) is 18.6 Å². The van der Waals surface area contributed by atoms with Crippen molar-refractivity contribution in [2.45, 2.75) is 32.1 Å². The molecule has 0 radical (unpaired) electrons. The van der Waals surface area contributed by atoms with E-state index in [-0.39, 0.29) is 17.2 Å². The molecule has 0 saturated heterocycles. The highest BCUT2D eigenvalue weighted by Gasteiger charge is 2.21. The van der Waals surface area contributed by atoms with E-state index in [2.05, 4.69) is 16.9 Å². The number of aromatic amines is 1. The third-order valence-electron chi connectivity index (χ3n) is 3.45. The van der Waals surface area contributed by atoms with Crippen LogP contribution in [0, 0.1) is 0 Å². The van der Waals surface area contributed by atoms with Crippen molar-refractivity contribution in [3.8, 4) is 5.75 Å². The minimum atomic E-state index is -0.622. The van der Waals surface area contributed by atoms with Crippen molar-refractivity contribution >= 4 is 5.91 Å². The van der Waals surface area contributed by atoms with E-state index in [0.29, 0.717) is 5.56 Å². The van der Waals surface area contributed by atoms with Crippen molar-refractivity contribution in [1.29, 1.82) is 0 Å². The summed E-state index contributed by atoms with van der Waals surface area (Å²) in [5.74, 6) is -0.671. The molecule has 0 aliphatic carbocycles. The number of carbonyl (C=O) groups is 1. The van der Waals surface area contributed by atoms with E-state index in [0.717, 1.165) is 25.0 Å². The van der Waals surface area contributed by atoms with Gasteiger partial charge in [0.05, 0.1) is 11.9 Å². The summed E-state index contributed by atoms with van der Waals surface area (Å²) in [5, 5.41) is 10.3. The number of para-hydroxylation sites is 1. The third-order valence-corrected chi connectivity index (χ3v) is 3.45. The topological polar surface area (TPSA) is 92.0 Å². The Bertz CT molecular complexity index is 579. The maximum Gasteiger partial charge on any atom is 0.252 e. The molecule has 2 rings (SSSR count). The predicted octanol–water partition coefficient (Wildman–Crippen LogP) is 2.54. The normalized spacial score (nSPS) is 12.2. The first-order chi connectivity index (χ1) is 9.65. The van der Waals surface area contributed by atoms with Crippen LogP contribution in [-0.2, 0) is 0 Å². The standard InChI is InChI=1S/C15H19N3O2/c1-2-3-5-10(13-8-17-9-18-13)11-6-4-7-12(14(11)19)15(16)20/h4,6-10,19H,2-3,5H2,1H3,(H2,16,20)(H,17,18). The summed E-state index contributed by atoms with van der Waals surface area (Å²) in [6.45, 7) is 2.11. The van der Waals surface area contributed by atoms with E-state index in [1.807, 2.05) is 6.07 Å². The number of unbranched alkanes of at least 4 members (excludes halogenated alkanes) is 1. The molecule has 106 valence electrons. The smallest absolute Gasteiger partial charge is 0.252 e. The van der Waals surface area contributed by atoms with Gasteiger partial charge in [-0.3, -0.25) is 4.79 Å². The molecular formula is C15H19N3O2. The molecule has 2 aromatic rings. The highest BCUT2D eigenvalue weighted by atomic mass is 16.3. The minimum absolute atomic E-state index is 0.0169. The van der Waals surface area contributed by atoms with Crippen LogP contribution in [0.2, 0.25) is 0 Å². The molecule has 5 nitrogen and oxygen atoms in total. The second-order valence-corrected chi connectivity index (χ2v) is 4.81. The first-order valence-corrected chi connectivity index (χ1v) is 6.75. The number of nitrogens with one attached hydrogen (secondary N) is 1. The maximum absolute atomic E-state index is 11.3. The van der Waals surface area contributed by atoms with Crippen molar-refractivity contribution in [3.05, 3.63) is 47.5 Å². The SMILES string of the molecule is CCCCC(c1cnc[nH]1)c1cccc(C(N)=O)c1O. The van der Waals surface area contributed by atoms with E-state index in [9.17, 15) is 9.90 Å². The quantitative estimate of drug-likeness (QED) is 0.755. The zero-order valence-electron chi connectivity index (χ0n) is 11.5. The molecule has 0 bridgehead atoms. The summed E-state index contributed by atoms with van der Waals surface area (Å²) in [5.41, 5.74) is 7.07. The molecule has 0 aliphatic heterocycles. The molecule has 1 aromatic carbocycles. The van der Waals surface area contributed by atoms with Crippen LogP contribution >= 0.6 is 0 Å². The molecule has 1 heterocycles. The van der Waals surface area contributed by atoms with Gasteiger partial charge >= 0.3 is 0 Å². The van der Waals surface area contributed by atoms with Gasteiger partial charge in [0.2, 0.25) is 0 Å². The number of amides is 1. The van der Waals surface area contributed by atoms with Crippen LogP contribution in [0.15, 0.2) is 30.7 Å². The summed E-state index contributed by atoms with van der Waals surface area (Å²) in [7, 11) is 0. The van der Waals surface area contributed by atoms with Crippen molar-refractivity contribution in [2.24, 2.45) is 5.73 Å². The average molecular weight is 273 g/mol. The molecule has 1 atom stereocenters. The van der Waals surface area contributed by atoms with Gasteiger partial charge in [-0.25, -0.2) is 4.98 Å². The molecule has 1 aromatic heterocycles. The van der Waals surface area contributed by atoms with E-state index >= 15 is 0 Å². The average Bonchev–Trinajstić information content (AvgIpc) is 2.94. The Morgan fingerprint density at radius 3 is 2.90 bits per heavy atom. The molecule has 5 heteroatoms. The monoisotopic (exact) mass is 273 g/mol. The van der Waals surface area contributed by atoms with E-state index in [4.69, 9.17) is 5.73 Å². The van der Waals surface area contributed by atoms with Gasteiger partial charge in [-0.1, -0.05) is 31.9 Å². The lowest BCUT2D eigenvalue weighted by Crippen LogP contribution is -2.13. The molecule has 0 saturated carbocycles. The summed E-state index contributed by atoms with van der Waals surface area (Å²) < 4.78 is 0. The molecule has 0 spiro atoms. The van der Waals surface area contributed by atoms with Crippen LogP contribution in [0.5, 0.6) is 5.75 Å². The minimum Gasteiger partial charge on any atom is -0.507 e. The number of rotatable bonds is 6. The number of nitrogens with two attached hydrogens (primary N) is 1. The molecule has 20 heavy (non-hydrogen) atoms. The Morgan fingerprint density at radius 1 is 1.50 bits per heavy atom. The van der Waals surface area contributed by atoms with E-state index in [1.165, 1.54) is 6.07 Å². The first-order valence-electron chi connectivity index (χ1n) is 6.75. The summed E-state index contributed by atoms with van der Waals surface area (Å²) in [6, 6.07) is 5.10. The van der Waals surface area contributed by atoms with Gasteiger partial charge in [0.15, 0.2) is 0 Å². The second-order valence-electron chi connectivity index (χ2n) is 4.81. The lowest BCUT2D eigenvalue weighted by Gasteiger charge is -2.18.